The molecule has 0 spiro atoms. The third kappa shape index (κ3) is 1.84. The minimum Gasteiger partial charge on any atom is -0.378 e. The summed E-state index contributed by atoms with van der Waals surface area (Å²) in [6.07, 6.45) is 1.28. The minimum absolute atomic E-state index is 0.00881. The molecule has 1 aliphatic rings. The number of ether oxygens (including phenoxy) is 1. The highest BCUT2D eigenvalue weighted by atomic mass is 19.1. The number of anilines is 1. The predicted octanol–water partition coefficient (Wildman–Crippen LogP) is 0.899. The Balaban J connectivity index is 2.12. The number of hydrogen-bond acceptors (Lipinski definition) is 4. The summed E-state index contributed by atoms with van der Waals surface area (Å²) in [5.74, 6) is -0.539. The van der Waals surface area contributed by atoms with Crippen molar-refractivity contribution in [2.75, 3.05) is 31.2 Å². The monoisotopic (exact) mass is 249 g/mol. The molecule has 5 nitrogen and oxygen atoms in total. The number of aromatic amines is 1. The highest BCUT2D eigenvalue weighted by Crippen LogP contribution is 2.22. The third-order valence-electron chi connectivity index (χ3n) is 3.06. The first-order valence-electron chi connectivity index (χ1n) is 5.75. The Morgan fingerprint density at radius 2 is 2.11 bits per heavy atom. The number of fused-ring (bicyclic) bond motifs is 1. The molecule has 0 aliphatic carbocycles. The van der Waals surface area contributed by atoms with Crippen molar-refractivity contribution < 1.29 is 9.13 Å². The summed E-state index contributed by atoms with van der Waals surface area (Å²) in [5, 5.41) is 0.00881. The molecular formula is C12H12FN3O2. The van der Waals surface area contributed by atoms with E-state index in [4.69, 9.17) is 4.74 Å². The van der Waals surface area contributed by atoms with Crippen LogP contribution in [0.2, 0.25) is 0 Å². The van der Waals surface area contributed by atoms with E-state index in [-0.39, 0.29) is 5.39 Å². The Hall–Kier alpha value is -1.95. The predicted molar refractivity (Wildman–Crippen MR) is 65.4 cm³/mol. The van der Waals surface area contributed by atoms with E-state index >= 15 is 0 Å². The zero-order valence-corrected chi connectivity index (χ0v) is 9.65. The van der Waals surface area contributed by atoms with Gasteiger partial charge in [-0.15, -0.1) is 0 Å². The van der Waals surface area contributed by atoms with Crippen LogP contribution in [0.4, 0.5) is 10.1 Å². The van der Waals surface area contributed by atoms with Crippen LogP contribution in [-0.2, 0) is 4.74 Å². The molecular weight excluding hydrogens is 237 g/mol. The first-order chi connectivity index (χ1) is 8.75. The number of nitrogens with one attached hydrogen (secondary N) is 1. The number of morpholine rings is 1. The van der Waals surface area contributed by atoms with E-state index in [1.807, 2.05) is 4.90 Å². The van der Waals surface area contributed by atoms with Crippen LogP contribution in [0.15, 0.2) is 23.3 Å². The fraction of sp³-hybridized carbons (Fsp3) is 0.333. The zero-order valence-electron chi connectivity index (χ0n) is 9.65. The number of benzene rings is 1. The van der Waals surface area contributed by atoms with Gasteiger partial charge in [-0.05, 0) is 12.1 Å². The quantitative estimate of drug-likeness (QED) is 0.815. The molecule has 0 bridgehead atoms. The van der Waals surface area contributed by atoms with Crippen LogP contribution in [0.3, 0.4) is 0 Å². The molecule has 2 heterocycles. The Kier molecular flexibility index (Phi) is 2.71. The number of nitrogens with zero attached hydrogens (tertiary/aromatic N) is 2. The number of hydrogen-bond donors (Lipinski definition) is 1. The van der Waals surface area contributed by atoms with Crippen LogP contribution >= 0.6 is 0 Å². The van der Waals surface area contributed by atoms with Gasteiger partial charge in [-0.2, -0.15) is 0 Å². The molecule has 1 N–H and O–H groups in total. The topological polar surface area (TPSA) is 58.2 Å². The van der Waals surface area contributed by atoms with Crippen molar-refractivity contribution in [3.05, 3.63) is 34.6 Å². The Bertz CT molecular complexity index is 635. The number of rotatable bonds is 1. The summed E-state index contributed by atoms with van der Waals surface area (Å²) >= 11 is 0. The van der Waals surface area contributed by atoms with Crippen molar-refractivity contribution in [2.45, 2.75) is 0 Å². The molecule has 1 fully saturated rings. The lowest BCUT2D eigenvalue weighted by atomic mass is 10.2. The second-order valence-corrected chi connectivity index (χ2v) is 4.15. The Morgan fingerprint density at radius 3 is 2.89 bits per heavy atom. The zero-order chi connectivity index (χ0) is 12.5. The van der Waals surface area contributed by atoms with Gasteiger partial charge in [0.2, 0.25) is 0 Å². The van der Waals surface area contributed by atoms with E-state index in [0.717, 1.165) is 5.69 Å². The van der Waals surface area contributed by atoms with Gasteiger partial charge in [-0.25, -0.2) is 9.37 Å². The summed E-state index contributed by atoms with van der Waals surface area (Å²) in [4.78, 5) is 19.9. The van der Waals surface area contributed by atoms with Gasteiger partial charge in [0, 0.05) is 18.8 Å². The van der Waals surface area contributed by atoms with Gasteiger partial charge in [0.1, 0.15) is 11.2 Å². The fourth-order valence-corrected chi connectivity index (χ4v) is 2.14. The summed E-state index contributed by atoms with van der Waals surface area (Å²) in [6, 6.07) is 3.11. The number of H-pyrrole nitrogens is 1. The molecule has 1 saturated heterocycles. The van der Waals surface area contributed by atoms with Gasteiger partial charge in [0.15, 0.2) is 0 Å². The van der Waals surface area contributed by atoms with Crippen LogP contribution in [0, 0.1) is 5.82 Å². The molecule has 3 rings (SSSR count). The van der Waals surface area contributed by atoms with Gasteiger partial charge < -0.3 is 14.6 Å². The average molecular weight is 249 g/mol. The molecule has 1 aromatic carbocycles. The smallest absolute Gasteiger partial charge is 0.261 e. The van der Waals surface area contributed by atoms with Gasteiger partial charge in [0.25, 0.3) is 5.56 Å². The molecule has 6 heteroatoms. The van der Waals surface area contributed by atoms with Gasteiger partial charge in [-0.1, -0.05) is 0 Å². The molecule has 1 aliphatic heterocycles. The first kappa shape index (κ1) is 11.2. The summed E-state index contributed by atoms with van der Waals surface area (Å²) in [6.45, 7) is 2.69. The van der Waals surface area contributed by atoms with Crippen molar-refractivity contribution >= 4 is 16.6 Å². The maximum absolute atomic E-state index is 13.9. The van der Waals surface area contributed by atoms with Crippen molar-refractivity contribution in [1.82, 2.24) is 9.97 Å². The van der Waals surface area contributed by atoms with Gasteiger partial charge in [-0.3, -0.25) is 4.79 Å². The van der Waals surface area contributed by atoms with E-state index in [1.165, 1.54) is 12.4 Å². The van der Waals surface area contributed by atoms with Crippen LogP contribution in [0.1, 0.15) is 0 Å². The number of aromatic nitrogens is 2. The van der Waals surface area contributed by atoms with Gasteiger partial charge >= 0.3 is 0 Å². The lowest BCUT2D eigenvalue weighted by Crippen LogP contribution is -2.36. The highest BCUT2D eigenvalue weighted by Gasteiger charge is 2.15. The molecule has 1 aromatic heterocycles. The molecule has 0 saturated carbocycles. The largest absolute Gasteiger partial charge is 0.378 e. The second-order valence-electron chi connectivity index (χ2n) is 4.15. The maximum atomic E-state index is 13.9. The Labute approximate surface area is 102 Å². The average Bonchev–Trinajstić information content (AvgIpc) is 2.39. The summed E-state index contributed by atoms with van der Waals surface area (Å²) in [7, 11) is 0. The third-order valence-corrected chi connectivity index (χ3v) is 3.06. The van der Waals surface area contributed by atoms with Crippen molar-refractivity contribution in [3.63, 3.8) is 0 Å². The minimum atomic E-state index is -0.539. The Morgan fingerprint density at radius 1 is 1.33 bits per heavy atom. The van der Waals surface area contributed by atoms with Crippen molar-refractivity contribution in [3.8, 4) is 0 Å². The molecule has 94 valence electrons. The normalized spacial score (nSPS) is 16.2. The van der Waals surface area contributed by atoms with E-state index in [0.29, 0.717) is 31.8 Å². The number of halogens is 1. The first-order valence-corrected chi connectivity index (χ1v) is 5.75. The van der Waals surface area contributed by atoms with Crippen LogP contribution in [0.25, 0.3) is 10.9 Å². The van der Waals surface area contributed by atoms with Crippen LogP contribution in [0.5, 0.6) is 0 Å². The van der Waals surface area contributed by atoms with Crippen LogP contribution < -0.4 is 10.5 Å². The highest BCUT2D eigenvalue weighted by molar-refractivity contribution is 5.82. The summed E-state index contributed by atoms with van der Waals surface area (Å²) in [5.41, 5.74) is 0.660. The van der Waals surface area contributed by atoms with Gasteiger partial charge in [0.05, 0.1) is 25.1 Å². The lowest BCUT2D eigenvalue weighted by molar-refractivity contribution is 0.122. The summed E-state index contributed by atoms with van der Waals surface area (Å²) < 4.78 is 19.2. The second kappa shape index (κ2) is 4.38. The van der Waals surface area contributed by atoms with Crippen LogP contribution in [-0.4, -0.2) is 36.3 Å². The molecule has 2 aromatic rings. The fourth-order valence-electron chi connectivity index (χ4n) is 2.14. The molecule has 0 unspecified atom stereocenters. The lowest BCUT2D eigenvalue weighted by Gasteiger charge is -2.28. The van der Waals surface area contributed by atoms with Crippen molar-refractivity contribution in [1.29, 1.82) is 0 Å². The van der Waals surface area contributed by atoms with E-state index in [2.05, 4.69) is 9.97 Å². The SMILES string of the molecule is O=c1[nH]cnc2cc(N3CCOCC3)cc(F)c12. The standard InChI is InChI=1S/C12H12FN3O2/c13-9-5-8(16-1-3-18-4-2-16)6-10-11(9)12(17)15-7-14-10/h5-7H,1-4H2,(H,14,15,17). The van der Waals surface area contributed by atoms with E-state index < -0.39 is 11.4 Å². The van der Waals surface area contributed by atoms with Crippen molar-refractivity contribution in [2.24, 2.45) is 0 Å². The van der Waals surface area contributed by atoms with E-state index in [1.54, 1.807) is 6.07 Å². The molecule has 0 amide bonds. The molecule has 0 atom stereocenters. The molecule has 18 heavy (non-hydrogen) atoms. The molecule has 0 radical (unpaired) electrons. The van der Waals surface area contributed by atoms with E-state index in [9.17, 15) is 9.18 Å². The maximum Gasteiger partial charge on any atom is 0.261 e.